The van der Waals surface area contributed by atoms with Gasteiger partial charge in [0.2, 0.25) is 0 Å². The first-order valence-electron chi connectivity index (χ1n) is 8.47. The number of rotatable bonds is 6. The first-order chi connectivity index (χ1) is 11.7. The fourth-order valence-electron chi connectivity index (χ4n) is 3.44. The molecule has 3 rings (SSSR count). The molecule has 0 bridgehead atoms. The molecule has 0 spiro atoms. The molecule has 2 heterocycles. The summed E-state index contributed by atoms with van der Waals surface area (Å²) in [6.45, 7) is 2.92. The lowest BCUT2D eigenvalue weighted by atomic mass is 9.95. The van der Waals surface area contributed by atoms with Crippen LogP contribution in [-0.4, -0.2) is 36.6 Å². The Morgan fingerprint density at radius 2 is 2.12 bits per heavy atom. The monoisotopic (exact) mass is 325 g/mol. The molecule has 1 aromatic heterocycles. The van der Waals surface area contributed by atoms with E-state index in [0.29, 0.717) is 12.0 Å². The van der Waals surface area contributed by atoms with E-state index in [1.807, 2.05) is 24.5 Å². The average Bonchev–Trinajstić information content (AvgIpc) is 2.98. The number of nitrogens with one attached hydrogen (secondary N) is 1. The SMILES string of the molecule is CN1CC[C@@H](CNC/C=C/c2ccc(F)cc2)[C@@H]1c1cccnc1. The molecule has 126 valence electrons. The smallest absolute Gasteiger partial charge is 0.123 e. The molecule has 0 saturated carbocycles. The lowest BCUT2D eigenvalue weighted by Gasteiger charge is -2.25. The van der Waals surface area contributed by atoms with Crippen LogP contribution in [0, 0.1) is 11.7 Å². The Labute approximate surface area is 143 Å². The van der Waals surface area contributed by atoms with E-state index in [1.165, 1.54) is 24.1 Å². The minimum atomic E-state index is -0.197. The van der Waals surface area contributed by atoms with E-state index in [2.05, 4.69) is 34.4 Å². The molecule has 0 radical (unpaired) electrons. The van der Waals surface area contributed by atoms with Crippen LogP contribution in [0.2, 0.25) is 0 Å². The summed E-state index contributed by atoms with van der Waals surface area (Å²) < 4.78 is 12.9. The first kappa shape index (κ1) is 16.8. The van der Waals surface area contributed by atoms with Crippen LogP contribution >= 0.6 is 0 Å². The fourth-order valence-corrected chi connectivity index (χ4v) is 3.44. The van der Waals surface area contributed by atoms with Crippen LogP contribution in [-0.2, 0) is 0 Å². The summed E-state index contributed by atoms with van der Waals surface area (Å²) in [5, 5.41) is 3.52. The van der Waals surface area contributed by atoms with E-state index in [4.69, 9.17) is 0 Å². The molecule has 1 aliphatic heterocycles. The van der Waals surface area contributed by atoms with Gasteiger partial charge in [0.15, 0.2) is 0 Å². The molecule has 3 nitrogen and oxygen atoms in total. The van der Waals surface area contributed by atoms with Gasteiger partial charge in [-0.2, -0.15) is 0 Å². The topological polar surface area (TPSA) is 28.2 Å². The van der Waals surface area contributed by atoms with Gasteiger partial charge in [-0.15, -0.1) is 0 Å². The molecular formula is C20H24FN3. The molecule has 2 atom stereocenters. The third kappa shape index (κ3) is 4.28. The zero-order valence-corrected chi connectivity index (χ0v) is 14.0. The van der Waals surface area contributed by atoms with Crippen LogP contribution in [0.15, 0.2) is 54.9 Å². The highest BCUT2D eigenvalue weighted by Crippen LogP contribution is 2.35. The molecule has 0 aliphatic carbocycles. The predicted octanol–water partition coefficient (Wildman–Crippen LogP) is 3.52. The summed E-state index contributed by atoms with van der Waals surface area (Å²) in [6, 6.07) is 11.2. The standard InChI is InChI=1S/C20H24FN3/c1-24-13-10-18(20(24)17-5-3-12-23-14-17)15-22-11-2-4-16-6-8-19(21)9-7-16/h2-9,12,14,18,20,22H,10-11,13,15H2,1H3/b4-2+/t18-,20-/m0/s1. The summed E-state index contributed by atoms with van der Waals surface area (Å²) in [5.74, 6) is 0.399. The van der Waals surface area contributed by atoms with Gasteiger partial charge in [0, 0.05) is 31.5 Å². The van der Waals surface area contributed by atoms with Crippen molar-refractivity contribution in [3.63, 3.8) is 0 Å². The van der Waals surface area contributed by atoms with E-state index >= 15 is 0 Å². The largest absolute Gasteiger partial charge is 0.313 e. The Morgan fingerprint density at radius 1 is 1.29 bits per heavy atom. The second-order valence-electron chi connectivity index (χ2n) is 6.37. The highest BCUT2D eigenvalue weighted by atomic mass is 19.1. The summed E-state index contributed by atoms with van der Waals surface area (Å²) in [5.41, 5.74) is 2.32. The van der Waals surface area contributed by atoms with Crippen molar-refractivity contribution in [3.05, 3.63) is 71.8 Å². The number of halogens is 1. The van der Waals surface area contributed by atoms with Gasteiger partial charge in [0.25, 0.3) is 0 Å². The second kappa shape index (κ2) is 8.18. The molecule has 1 N–H and O–H groups in total. The molecule has 1 saturated heterocycles. The maximum Gasteiger partial charge on any atom is 0.123 e. The zero-order chi connectivity index (χ0) is 16.8. The van der Waals surface area contributed by atoms with Gasteiger partial charge in [0.1, 0.15) is 5.82 Å². The Kier molecular flexibility index (Phi) is 5.72. The van der Waals surface area contributed by atoms with Crippen LogP contribution < -0.4 is 5.32 Å². The van der Waals surface area contributed by atoms with E-state index in [-0.39, 0.29) is 5.82 Å². The predicted molar refractivity (Wildman–Crippen MR) is 96.0 cm³/mol. The number of aromatic nitrogens is 1. The van der Waals surface area contributed by atoms with Crippen molar-refractivity contribution >= 4 is 6.08 Å². The van der Waals surface area contributed by atoms with Crippen molar-refractivity contribution in [1.82, 2.24) is 15.2 Å². The number of hydrogen-bond acceptors (Lipinski definition) is 3. The molecule has 24 heavy (non-hydrogen) atoms. The maximum atomic E-state index is 12.9. The number of likely N-dealkylation sites (tertiary alicyclic amines) is 1. The van der Waals surface area contributed by atoms with Gasteiger partial charge in [0.05, 0.1) is 0 Å². The first-order valence-corrected chi connectivity index (χ1v) is 8.47. The summed E-state index contributed by atoms with van der Waals surface area (Å²) in [7, 11) is 2.19. The molecular weight excluding hydrogens is 301 g/mol. The van der Waals surface area contributed by atoms with E-state index in [0.717, 1.165) is 25.2 Å². The third-order valence-corrected chi connectivity index (χ3v) is 4.65. The van der Waals surface area contributed by atoms with E-state index < -0.39 is 0 Å². The quantitative estimate of drug-likeness (QED) is 0.824. The van der Waals surface area contributed by atoms with E-state index in [9.17, 15) is 4.39 Å². The molecule has 1 aliphatic rings. The number of hydrogen-bond donors (Lipinski definition) is 1. The molecule has 0 unspecified atom stereocenters. The van der Waals surface area contributed by atoms with Crippen LogP contribution in [0.5, 0.6) is 0 Å². The summed E-state index contributed by atoms with van der Waals surface area (Å²) in [6.07, 6.45) is 9.11. The molecule has 1 aromatic carbocycles. The lowest BCUT2D eigenvalue weighted by molar-refractivity contribution is 0.273. The molecule has 2 aromatic rings. The molecule has 4 heteroatoms. The van der Waals surface area contributed by atoms with Crippen molar-refractivity contribution in [2.75, 3.05) is 26.7 Å². The lowest BCUT2D eigenvalue weighted by Crippen LogP contribution is -2.28. The number of nitrogens with zero attached hydrogens (tertiary/aromatic N) is 2. The van der Waals surface area contributed by atoms with Gasteiger partial charge < -0.3 is 5.32 Å². The van der Waals surface area contributed by atoms with Crippen molar-refractivity contribution in [1.29, 1.82) is 0 Å². The number of benzene rings is 1. The maximum absolute atomic E-state index is 12.9. The molecule has 0 amide bonds. The van der Waals surface area contributed by atoms with Crippen molar-refractivity contribution in [2.24, 2.45) is 5.92 Å². The fraction of sp³-hybridized carbons (Fsp3) is 0.350. The Balaban J connectivity index is 1.50. The Bertz CT molecular complexity index is 654. The highest BCUT2D eigenvalue weighted by Gasteiger charge is 2.32. The van der Waals surface area contributed by atoms with E-state index in [1.54, 1.807) is 12.1 Å². The van der Waals surface area contributed by atoms with Crippen molar-refractivity contribution < 1.29 is 4.39 Å². The zero-order valence-electron chi connectivity index (χ0n) is 14.0. The summed E-state index contributed by atoms with van der Waals surface area (Å²) >= 11 is 0. The van der Waals surface area contributed by atoms with Gasteiger partial charge >= 0.3 is 0 Å². The summed E-state index contributed by atoms with van der Waals surface area (Å²) in [4.78, 5) is 6.68. The molecule has 1 fully saturated rings. The van der Waals surface area contributed by atoms with Crippen molar-refractivity contribution in [2.45, 2.75) is 12.5 Å². The van der Waals surface area contributed by atoms with Gasteiger partial charge in [-0.1, -0.05) is 30.4 Å². The van der Waals surface area contributed by atoms with Gasteiger partial charge in [-0.3, -0.25) is 9.88 Å². The highest BCUT2D eigenvalue weighted by molar-refractivity contribution is 5.48. The van der Waals surface area contributed by atoms with Crippen LogP contribution in [0.3, 0.4) is 0 Å². The average molecular weight is 325 g/mol. The number of pyridine rings is 1. The van der Waals surface area contributed by atoms with Gasteiger partial charge in [-0.05, 0) is 55.3 Å². The Hall–Kier alpha value is -2.04. The van der Waals surface area contributed by atoms with Crippen LogP contribution in [0.1, 0.15) is 23.6 Å². The van der Waals surface area contributed by atoms with Crippen LogP contribution in [0.25, 0.3) is 6.08 Å². The Morgan fingerprint density at radius 3 is 2.88 bits per heavy atom. The normalized spacial score (nSPS) is 21.6. The minimum Gasteiger partial charge on any atom is -0.313 e. The van der Waals surface area contributed by atoms with Crippen LogP contribution in [0.4, 0.5) is 4.39 Å². The second-order valence-corrected chi connectivity index (χ2v) is 6.37. The third-order valence-electron chi connectivity index (χ3n) is 4.65. The van der Waals surface area contributed by atoms with Gasteiger partial charge in [-0.25, -0.2) is 4.39 Å². The minimum absolute atomic E-state index is 0.197. The van der Waals surface area contributed by atoms with Crippen molar-refractivity contribution in [3.8, 4) is 0 Å².